The predicted octanol–water partition coefficient (Wildman–Crippen LogP) is 13.0. The van der Waals surface area contributed by atoms with Gasteiger partial charge < -0.3 is 0 Å². The molecule has 8 aromatic carbocycles. The lowest BCUT2D eigenvalue weighted by atomic mass is 9.79. The second kappa shape index (κ2) is 10.7. The van der Waals surface area contributed by atoms with Crippen LogP contribution in [0.15, 0.2) is 170 Å². The van der Waals surface area contributed by atoms with E-state index in [9.17, 15) is 0 Å². The van der Waals surface area contributed by atoms with Gasteiger partial charge in [0.25, 0.3) is 0 Å². The van der Waals surface area contributed by atoms with Gasteiger partial charge in [0.2, 0.25) is 0 Å². The van der Waals surface area contributed by atoms with Gasteiger partial charge in [-0.15, -0.1) is 0 Å². The topological polar surface area (TPSA) is 0 Å². The van der Waals surface area contributed by atoms with Gasteiger partial charge in [0, 0.05) is 5.41 Å². The van der Waals surface area contributed by atoms with Gasteiger partial charge >= 0.3 is 0 Å². The molecule has 9 rings (SSSR count). The zero-order chi connectivity index (χ0) is 31.5. The Morgan fingerprint density at radius 3 is 1.36 bits per heavy atom. The average molecular weight is 599 g/mol. The van der Waals surface area contributed by atoms with Gasteiger partial charge in [-0.3, -0.25) is 0 Å². The quantitative estimate of drug-likeness (QED) is 0.177. The van der Waals surface area contributed by atoms with Crippen molar-refractivity contribution in [3.8, 4) is 55.6 Å². The summed E-state index contributed by atoms with van der Waals surface area (Å²) in [7, 11) is 0. The molecule has 0 aliphatic heterocycles. The number of rotatable bonds is 4. The average Bonchev–Trinajstić information content (AvgIpc) is 3.36. The first-order valence-corrected chi connectivity index (χ1v) is 16.5. The highest BCUT2D eigenvalue weighted by Crippen LogP contribution is 2.53. The number of fused-ring (bicyclic) bond motifs is 5. The summed E-state index contributed by atoms with van der Waals surface area (Å²) in [5.74, 6) is 0. The Labute approximate surface area is 276 Å². The van der Waals surface area contributed by atoms with E-state index in [1.165, 1.54) is 88.3 Å². The van der Waals surface area contributed by atoms with Crippen molar-refractivity contribution in [1.29, 1.82) is 0 Å². The van der Waals surface area contributed by atoms with E-state index in [4.69, 9.17) is 0 Å². The maximum absolute atomic E-state index is 2.48. The molecule has 8 aromatic rings. The molecule has 0 fully saturated rings. The van der Waals surface area contributed by atoms with Crippen molar-refractivity contribution in [2.24, 2.45) is 0 Å². The Morgan fingerprint density at radius 2 is 0.787 bits per heavy atom. The van der Waals surface area contributed by atoms with Crippen molar-refractivity contribution in [3.63, 3.8) is 0 Å². The summed E-state index contributed by atoms with van der Waals surface area (Å²) in [4.78, 5) is 0. The molecule has 222 valence electrons. The van der Waals surface area contributed by atoms with Gasteiger partial charge in [0.05, 0.1) is 0 Å². The molecule has 0 nitrogen and oxygen atoms in total. The van der Waals surface area contributed by atoms with E-state index in [-0.39, 0.29) is 5.41 Å². The molecular weight excluding hydrogens is 565 g/mol. The Morgan fingerprint density at radius 1 is 0.319 bits per heavy atom. The first-order chi connectivity index (χ1) is 23.1. The largest absolute Gasteiger partial charge is 0.0622 e. The molecule has 47 heavy (non-hydrogen) atoms. The Bertz CT molecular complexity index is 2350. The fourth-order valence-corrected chi connectivity index (χ4v) is 8.11. The summed E-state index contributed by atoms with van der Waals surface area (Å²) >= 11 is 0. The van der Waals surface area contributed by atoms with E-state index < -0.39 is 0 Å². The van der Waals surface area contributed by atoms with Crippen LogP contribution in [0.25, 0.3) is 77.2 Å². The summed E-state index contributed by atoms with van der Waals surface area (Å²) in [6, 6.07) is 62.6. The van der Waals surface area contributed by atoms with E-state index in [0.29, 0.717) is 0 Å². The minimum atomic E-state index is -0.0814. The highest BCUT2D eigenvalue weighted by atomic mass is 14.4. The molecule has 0 radical (unpaired) electrons. The summed E-state index contributed by atoms with van der Waals surface area (Å²) in [6.07, 6.45) is 0. The molecule has 0 saturated carbocycles. The van der Waals surface area contributed by atoms with E-state index in [1.807, 2.05) is 0 Å². The van der Waals surface area contributed by atoms with Crippen LogP contribution in [0, 0.1) is 0 Å². The van der Waals surface area contributed by atoms with Crippen LogP contribution in [-0.4, -0.2) is 0 Å². The predicted molar refractivity (Wildman–Crippen MR) is 201 cm³/mol. The molecule has 0 unspecified atom stereocenters. The molecule has 1 aliphatic carbocycles. The molecular formula is C47H34. The Hall–Kier alpha value is -5.72. The maximum atomic E-state index is 2.48. The summed E-state index contributed by atoms with van der Waals surface area (Å²) in [5.41, 5.74) is 15.4. The number of benzene rings is 8. The van der Waals surface area contributed by atoms with Crippen molar-refractivity contribution in [2.75, 3.05) is 0 Å². The van der Waals surface area contributed by atoms with Crippen LogP contribution >= 0.6 is 0 Å². The highest BCUT2D eigenvalue weighted by molar-refractivity contribution is 6.27. The van der Waals surface area contributed by atoms with Crippen LogP contribution in [-0.2, 0) is 5.41 Å². The van der Waals surface area contributed by atoms with Crippen molar-refractivity contribution < 1.29 is 0 Å². The summed E-state index contributed by atoms with van der Waals surface area (Å²) in [6.45, 7) is 4.74. The lowest BCUT2D eigenvalue weighted by molar-refractivity contribution is 0.660. The molecule has 0 heterocycles. The Balaban J connectivity index is 1.48. The van der Waals surface area contributed by atoms with Gasteiger partial charge in [-0.1, -0.05) is 178 Å². The van der Waals surface area contributed by atoms with Crippen LogP contribution < -0.4 is 0 Å². The lowest BCUT2D eigenvalue weighted by Crippen LogP contribution is -2.14. The standard InChI is InChI=1S/C47H34/c1-47(2)41-27-13-12-22-37(41)38-29-28-34(30-42(38)47)43-39-25-14-23-35(31-16-6-3-7-17-31)45(39)44(33-20-10-5-11-21-33)46-36(24-15-26-40(43)46)32-18-8-4-9-19-32/h3-30H,1-2H3. The minimum absolute atomic E-state index is 0.0814. The van der Waals surface area contributed by atoms with Crippen molar-refractivity contribution in [1.82, 2.24) is 0 Å². The van der Waals surface area contributed by atoms with Gasteiger partial charge in [0.1, 0.15) is 0 Å². The highest BCUT2D eigenvalue weighted by Gasteiger charge is 2.35. The normalized spacial score (nSPS) is 13.1. The minimum Gasteiger partial charge on any atom is -0.0622 e. The molecule has 0 atom stereocenters. The van der Waals surface area contributed by atoms with Crippen LogP contribution in [0.2, 0.25) is 0 Å². The fraction of sp³-hybridized carbons (Fsp3) is 0.0638. The van der Waals surface area contributed by atoms with Gasteiger partial charge in [-0.25, -0.2) is 0 Å². The molecule has 0 heteroatoms. The molecule has 0 N–H and O–H groups in total. The molecule has 0 saturated heterocycles. The zero-order valence-electron chi connectivity index (χ0n) is 26.7. The van der Waals surface area contributed by atoms with Crippen molar-refractivity contribution in [3.05, 3.63) is 181 Å². The van der Waals surface area contributed by atoms with Gasteiger partial charge in [-0.2, -0.15) is 0 Å². The molecule has 0 amide bonds. The fourth-order valence-electron chi connectivity index (χ4n) is 8.11. The van der Waals surface area contributed by atoms with E-state index >= 15 is 0 Å². The van der Waals surface area contributed by atoms with Crippen molar-refractivity contribution in [2.45, 2.75) is 19.3 Å². The first-order valence-electron chi connectivity index (χ1n) is 16.5. The zero-order valence-corrected chi connectivity index (χ0v) is 26.7. The van der Waals surface area contributed by atoms with E-state index in [2.05, 4.69) is 184 Å². The van der Waals surface area contributed by atoms with Crippen LogP contribution in [0.3, 0.4) is 0 Å². The Kier molecular flexibility index (Phi) is 6.27. The SMILES string of the molecule is CC1(C)c2ccccc2-c2ccc(-c3c4cccc(-c5ccccc5)c4c(-c4ccccc4)c4c(-c5ccccc5)cccc34)cc21. The molecule has 1 aliphatic rings. The monoisotopic (exact) mass is 598 g/mol. The van der Waals surface area contributed by atoms with E-state index in [1.54, 1.807) is 0 Å². The van der Waals surface area contributed by atoms with Gasteiger partial charge in [-0.05, 0) is 94.4 Å². The summed E-state index contributed by atoms with van der Waals surface area (Å²) < 4.78 is 0. The molecule has 0 bridgehead atoms. The van der Waals surface area contributed by atoms with E-state index in [0.717, 1.165) is 0 Å². The smallest absolute Gasteiger partial charge is 0.0159 e. The number of hydrogen-bond acceptors (Lipinski definition) is 0. The maximum Gasteiger partial charge on any atom is 0.0159 e. The first kappa shape index (κ1) is 27.6. The third-order valence-corrected chi connectivity index (χ3v) is 10.3. The second-order valence-electron chi connectivity index (χ2n) is 13.2. The third kappa shape index (κ3) is 4.22. The second-order valence-corrected chi connectivity index (χ2v) is 13.2. The van der Waals surface area contributed by atoms with Crippen LogP contribution in [0.1, 0.15) is 25.0 Å². The lowest BCUT2D eigenvalue weighted by Gasteiger charge is -2.24. The summed E-state index contributed by atoms with van der Waals surface area (Å²) in [5, 5.41) is 5.13. The third-order valence-electron chi connectivity index (χ3n) is 10.3. The molecule has 0 aromatic heterocycles. The van der Waals surface area contributed by atoms with Crippen LogP contribution in [0.5, 0.6) is 0 Å². The van der Waals surface area contributed by atoms with Gasteiger partial charge in [0.15, 0.2) is 0 Å². The van der Waals surface area contributed by atoms with Crippen LogP contribution in [0.4, 0.5) is 0 Å². The van der Waals surface area contributed by atoms with Crippen molar-refractivity contribution >= 4 is 21.5 Å². The molecule has 0 spiro atoms. The number of hydrogen-bond donors (Lipinski definition) is 0.